The molecule has 0 unspecified atom stereocenters. The monoisotopic (exact) mass is 131 g/mol. The highest BCUT2D eigenvalue weighted by Gasteiger charge is 2.15. The molecule has 1 heterocycles. The van der Waals surface area contributed by atoms with Crippen molar-refractivity contribution in [1.29, 1.82) is 0 Å². The third-order valence-electron chi connectivity index (χ3n) is 0.925. The Kier molecular flexibility index (Phi) is 1.35. The molecule has 0 aromatic carbocycles. The first kappa shape index (κ1) is 6.03. The van der Waals surface area contributed by atoms with E-state index in [1.807, 2.05) is 0 Å². The van der Waals surface area contributed by atoms with Crippen molar-refractivity contribution < 1.29 is 9.18 Å². The van der Waals surface area contributed by atoms with Crippen molar-refractivity contribution in [3.63, 3.8) is 0 Å². The summed E-state index contributed by atoms with van der Waals surface area (Å²) in [6, 6.07) is -0.482. The smallest absolute Gasteiger partial charge is 0.316 e. The van der Waals surface area contributed by atoms with E-state index < -0.39 is 18.0 Å². The van der Waals surface area contributed by atoms with Crippen LogP contribution < -0.4 is 16.4 Å². The van der Waals surface area contributed by atoms with E-state index in [1.165, 1.54) is 0 Å². The summed E-state index contributed by atoms with van der Waals surface area (Å²) >= 11 is 0. The minimum absolute atomic E-state index is 0.482. The fourth-order valence-electron chi connectivity index (χ4n) is 0.476. The van der Waals surface area contributed by atoms with E-state index in [4.69, 9.17) is 5.73 Å². The van der Waals surface area contributed by atoms with Crippen LogP contribution in [0.3, 0.4) is 0 Å². The van der Waals surface area contributed by atoms with Gasteiger partial charge in [0.05, 0.1) is 0 Å². The lowest BCUT2D eigenvalue weighted by Gasteiger charge is -2.15. The Morgan fingerprint density at radius 3 is 2.89 bits per heavy atom. The molecule has 0 spiro atoms. The number of rotatable bonds is 0. The van der Waals surface area contributed by atoms with Gasteiger partial charge in [-0.25, -0.2) is 9.18 Å². The molecule has 4 nitrogen and oxygen atoms in total. The number of hydrogen-bond acceptors (Lipinski definition) is 2. The molecule has 0 fully saturated rings. The number of amides is 2. The summed E-state index contributed by atoms with van der Waals surface area (Å²) in [5.41, 5.74) is 5.05. The lowest BCUT2D eigenvalue weighted by atomic mass is 10.4. The van der Waals surface area contributed by atoms with Crippen LogP contribution >= 0.6 is 0 Å². The molecule has 5 heteroatoms. The number of nitrogens with two attached hydrogens (primary N) is 1. The van der Waals surface area contributed by atoms with Crippen LogP contribution in [-0.4, -0.2) is 12.2 Å². The van der Waals surface area contributed by atoms with Gasteiger partial charge in [-0.2, -0.15) is 0 Å². The Morgan fingerprint density at radius 2 is 2.44 bits per heavy atom. The molecular weight excluding hydrogens is 125 g/mol. The van der Waals surface area contributed by atoms with Crippen molar-refractivity contribution >= 4 is 6.03 Å². The first-order valence-electron chi connectivity index (χ1n) is 2.38. The van der Waals surface area contributed by atoms with Crippen molar-refractivity contribution in [1.82, 2.24) is 10.6 Å². The van der Waals surface area contributed by atoms with E-state index in [0.29, 0.717) is 0 Å². The molecule has 0 aliphatic carbocycles. The van der Waals surface area contributed by atoms with Gasteiger partial charge in [-0.1, -0.05) is 0 Å². The average Bonchev–Trinajstić information content (AvgIpc) is 1.80. The zero-order valence-electron chi connectivity index (χ0n) is 4.52. The molecule has 0 saturated heterocycles. The number of hydrogen-bond donors (Lipinski definition) is 3. The summed E-state index contributed by atoms with van der Waals surface area (Å²) < 4.78 is 12.2. The number of nitrogens with one attached hydrogen (secondary N) is 2. The molecule has 9 heavy (non-hydrogen) atoms. The minimum atomic E-state index is -0.987. The second-order valence-corrected chi connectivity index (χ2v) is 1.62. The second kappa shape index (κ2) is 2.02. The standard InChI is InChI=1S/C4H6FN3O/c5-2-1-7-4(9)8-3(2)6/h1,3H,6H2,(H2,7,8,9)/t3-/m1/s1. The third kappa shape index (κ3) is 1.17. The molecule has 0 radical (unpaired) electrons. The highest BCUT2D eigenvalue weighted by molar-refractivity contribution is 5.76. The van der Waals surface area contributed by atoms with Crippen LogP contribution in [0.2, 0.25) is 0 Å². The Morgan fingerprint density at radius 1 is 1.78 bits per heavy atom. The summed E-state index contributed by atoms with van der Waals surface area (Å²) in [6.07, 6.45) is -0.0532. The summed E-state index contributed by atoms with van der Waals surface area (Å²) in [6.45, 7) is 0. The quantitative estimate of drug-likeness (QED) is 0.410. The van der Waals surface area contributed by atoms with Gasteiger partial charge in [-0.3, -0.25) is 0 Å². The number of carbonyl (C=O) groups is 1. The molecule has 1 aliphatic rings. The van der Waals surface area contributed by atoms with Gasteiger partial charge in [0.2, 0.25) is 0 Å². The van der Waals surface area contributed by atoms with Gasteiger partial charge in [0.15, 0.2) is 5.83 Å². The largest absolute Gasteiger partial charge is 0.320 e. The van der Waals surface area contributed by atoms with E-state index in [9.17, 15) is 9.18 Å². The Bertz CT molecular complexity index is 167. The molecule has 1 rings (SSSR count). The second-order valence-electron chi connectivity index (χ2n) is 1.62. The van der Waals surface area contributed by atoms with Gasteiger partial charge in [0, 0.05) is 6.20 Å². The molecular formula is C4H6FN3O. The maximum absolute atomic E-state index is 12.2. The summed E-state index contributed by atoms with van der Waals surface area (Å²) in [7, 11) is 0. The van der Waals surface area contributed by atoms with Crippen molar-refractivity contribution in [3.05, 3.63) is 12.0 Å². The van der Waals surface area contributed by atoms with Gasteiger partial charge in [-0.05, 0) is 0 Å². The molecule has 0 aromatic rings. The van der Waals surface area contributed by atoms with Crippen LogP contribution in [-0.2, 0) is 0 Å². The Hall–Kier alpha value is -1.10. The number of urea groups is 1. The molecule has 4 N–H and O–H groups in total. The first-order valence-corrected chi connectivity index (χ1v) is 2.38. The van der Waals surface area contributed by atoms with Gasteiger partial charge >= 0.3 is 6.03 Å². The maximum atomic E-state index is 12.2. The normalized spacial score (nSPS) is 26.2. The van der Waals surface area contributed by atoms with Crippen LogP contribution in [0.4, 0.5) is 9.18 Å². The molecule has 1 atom stereocenters. The third-order valence-corrected chi connectivity index (χ3v) is 0.925. The van der Waals surface area contributed by atoms with Crippen LogP contribution in [0.1, 0.15) is 0 Å². The van der Waals surface area contributed by atoms with Crippen LogP contribution in [0.5, 0.6) is 0 Å². The van der Waals surface area contributed by atoms with E-state index in [1.54, 1.807) is 0 Å². The molecule has 2 amide bonds. The predicted molar refractivity (Wildman–Crippen MR) is 28.8 cm³/mol. The number of halogens is 1. The zero-order valence-corrected chi connectivity index (χ0v) is 4.52. The molecule has 50 valence electrons. The van der Waals surface area contributed by atoms with Crippen LogP contribution in [0, 0.1) is 0 Å². The minimum Gasteiger partial charge on any atom is -0.316 e. The van der Waals surface area contributed by atoms with Crippen LogP contribution in [0.15, 0.2) is 12.0 Å². The van der Waals surface area contributed by atoms with E-state index in [-0.39, 0.29) is 0 Å². The van der Waals surface area contributed by atoms with E-state index >= 15 is 0 Å². The van der Waals surface area contributed by atoms with Gasteiger partial charge in [0.1, 0.15) is 6.17 Å². The van der Waals surface area contributed by atoms with Crippen molar-refractivity contribution in [2.45, 2.75) is 6.17 Å². The molecule has 0 aromatic heterocycles. The first-order chi connectivity index (χ1) is 4.20. The highest BCUT2D eigenvalue weighted by Crippen LogP contribution is 1.99. The zero-order chi connectivity index (χ0) is 6.85. The van der Waals surface area contributed by atoms with Crippen molar-refractivity contribution in [2.24, 2.45) is 5.73 Å². The van der Waals surface area contributed by atoms with Gasteiger partial charge in [-0.15, -0.1) is 0 Å². The fraction of sp³-hybridized carbons (Fsp3) is 0.250. The van der Waals surface area contributed by atoms with Crippen LogP contribution in [0.25, 0.3) is 0 Å². The molecule has 0 saturated carbocycles. The predicted octanol–water partition coefficient (Wildman–Crippen LogP) is -0.605. The SMILES string of the molecule is N[C@@H]1NC(=O)NC=C1F. The van der Waals surface area contributed by atoms with E-state index in [2.05, 4.69) is 10.6 Å². The maximum Gasteiger partial charge on any atom is 0.320 e. The summed E-state index contributed by atoms with van der Waals surface area (Å²) in [4.78, 5) is 10.3. The summed E-state index contributed by atoms with van der Waals surface area (Å²) in [5, 5.41) is 4.21. The Labute approximate surface area is 50.9 Å². The van der Waals surface area contributed by atoms with Crippen molar-refractivity contribution in [2.75, 3.05) is 0 Å². The lowest BCUT2D eigenvalue weighted by molar-refractivity contribution is 0.237. The summed E-state index contributed by atoms with van der Waals surface area (Å²) in [5.74, 6) is -0.574. The van der Waals surface area contributed by atoms with Gasteiger partial charge < -0.3 is 16.4 Å². The highest BCUT2D eigenvalue weighted by atomic mass is 19.1. The Balaban J connectivity index is 2.67. The lowest BCUT2D eigenvalue weighted by Crippen LogP contribution is -2.49. The molecule has 1 aliphatic heterocycles. The van der Waals surface area contributed by atoms with Gasteiger partial charge in [0.25, 0.3) is 0 Å². The fourth-order valence-corrected chi connectivity index (χ4v) is 0.476. The van der Waals surface area contributed by atoms with E-state index in [0.717, 1.165) is 6.20 Å². The average molecular weight is 131 g/mol. The molecule has 0 bridgehead atoms. The topological polar surface area (TPSA) is 67.1 Å². The van der Waals surface area contributed by atoms with Crippen molar-refractivity contribution in [3.8, 4) is 0 Å². The number of carbonyl (C=O) groups excluding carboxylic acids is 1.